The molecule has 4 aromatic rings. The summed E-state index contributed by atoms with van der Waals surface area (Å²) in [4.78, 5) is 17.6. The minimum absolute atomic E-state index is 0.457. The molecule has 0 amide bonds. The van der Waals surface area contributed by atoms with E-state index in [-0.39, 0.29) is 0 Å². The van der Waals surface area contributed by atoms with Gasteiger partial charge in [-0.25, -0.2) is 9.97 Å². The Bertz CT molecular complexity index is 1270. The van der Waals surface area contributed by atoms with Crippen molar-refractivity contribution in [2.45, 2.75) is 70.8 Å². The number of aromatic amines is 1. The summed E-state index contributed by atoms with van der Waals surface area (Å²) in [5.41, 5.74) is 4.26. The van der Waals surface area contributed by atoms with Crippen molar-refractivity contribution >= 4 is 26.7 Å². The van der Waals surface area contributed by atoms with Gasteiger partial charge in [-0.05, 0) is 69.6 Å². The molecule has 6 rings (SSSR count). The summed E-state index contributed by atoms with van der Waals surface area (Å²) in [6, 6.07) is 10.4. The minimum Gasteiger partial charge on any atom is -0.457 e. The van der Waals surface area contributed by atoms with Gasteiger partial charge in [0.15, 0.2) is 11.0 Å². The van der Waals surface area contributed by atoms with Crippen LogP contribution < -0.4 is 10.1 Å². The summed E-state index contributed by atoms with van der Waals surface area (Å²) in [5.74, 6) is 3.14. The highest BCUT2D eigenvalue weighted by Gasteiger charge is 2.21. The van der Waals surface area contributed by atoms with Crippen LogP contribution in [-0.4, -0.2) is 26.0 Å². The lowest BCUT2D eigenvalue weighted by molar-refractivity contribution is 0.328. The summed E-state index contributed by atoms with van der Waals surface area (Å²) >= 11 is 1.70. The Balaban J connectivity index is 1.17. The Morgan fingerprint density at radius 1 is 1.00 bits per heavy atom. The predicted molar refractivity (Wildman–Crippen MR) is 138 cm³/mol. The minimum atomic E-state index is 0.457. The SMILES string of the molecule is C[C@H](Nc1nc2ccc(Oc3ccnc(-c4nc5c([nH]4)CCCC5)c3)cc2s1)C1CCCCC1. The van der Waals surface area contributed by atoms with E-state index in [1.165, 1.54) is 56.3 Å². The molecule has 1 saturated carbocycles. The third kappa shape index (κ3) is 4.53. The van der Waals surface area contributed by atoms with Crippen molar-refractivity contribution in [3.8, 4) is 23.0 Å². The molecule has 3 heterocycles. The number of hydrogen-bond acceptors (Lipinski definition) is 6. The maximum atomic E-state index is 6.21. The molecule has 2 N–H and O–H groups in total. The fourth-order valence-corrected chi connectivity index (χ4v) is 6.28. The normalized spacial score (nSPS) is 17.4. The molecule has 2 aliphatic rings. The van der Waals surface area contributed by atoms with Crippen LogP contribution in [0.1, 0.15) is 63.3 Å². The van der Waals surface area contributed by atoms with Crippen molar-refractivity contribution in [3.05, 3.63) is 47.9 Å². The zero-order valence-corrected chi connectivity index (χ0v) is 20.5. The summed E-state index contributed by atoms with van der Waals surface area (Å²) in [7, 11) is 0. The second-order valence-corrected chi connectivity index (χ2v) is 10.7. The van der Waals surface area contributed by atoms with Crippen molar-refractivity contribution < 1.29 is 4.74 Å². The molecule has 0 bridgehead atoms. The molecule has 1 atom stereocenters. The second-order valence-electron chi connectivity index (χ2n) is 9.68. The van der Waals surface area contributed by atoms with Gasteiger partial charge in [0.2, 0.25) is 0 Å². The molecule has 6 nitrogen and oxygen atoms in total. The quantitative estimate of drug-likeness (QED) is 0.311. The Hall–Kier alpha value is -2.93. The van der Waals surface area contributed by atoms with Crippen molar-refractivity contribution in [2.24, 2.45) is 5.92 Å². The Labute approximate surface area is 204 Å². The first-order valence-electron chi connectivity index (χ1n) is 12.6. The van der Waals surface area contributed by atoms with Crippen LogP contribution >= 0.6 is 11.3 Å². The maximum absolute atomic E-state index is 6.21. The van der Waals surface area contributed by atoms with Crippen molar-refractivity contribution in [1.82, 2.24) is 19.9 Å². The number of hydrogen-bond donors (Lipinski definition) is 2. The topological polar surface area (TPSA) is 75.7 Å². The van der Waals surface area contributed by atoms with Gasteiger partial charge in [-0.15, -0.1) is 0 Å². The molecule has 0 unspecified atom stereocenters. The van der Waals surface area contributed by atoms with Gasteiger partial charge in [0.05, 0.1) is 15.9 Å². The first kappa shape index (κ1) is 21.6. The molecule has 1 aromatic carbocycles. The molecule has 1 fully saturated rings. The Morgan fingerprint density at radius 2 is 1.85 bits per heavy atom. The number of H-pyrrole nitrogens is 1. The number of pyridine rings is 1. The second kappa shape index (κ2) is 9.37. The fourth-order valence-electron chi connectivity index (χ4n) is 5.29. The molecule has 34 heavy (non-hydrogen) atoms. The van der Waals surface area contributed by atoms with Crippen LogP contribution in [0.25, 0.3) is 21.7 Å². The molecule has 0 radical (unpaired) electrons. The van der Waals surface area contributed by atoms with Crippen LogP contribution in [0.4, 0.5) is 5.13 Å². The van der Waals surface area contributed by atoms with E-state index in [4.69, 9.17) is 14.7 Å². The highest BCUT2D eigenvalue weighted by Crippen LogP contribution is 2.34. The predicted octanol–water partition coefficient (Wildman–Crippen LogP) is 7.13. The van der Waals surface area contributed by atoms with E-state index in [2.05, 4.69) is 28.3 Å². The Morgan fingerprint density at radius 3 is 2.74 bits per heavy atom. The van der Waals surface area contributed by atoms with Gasteiger partial charge in [-0.1, -0.05) is 30.6 Å². The average molecular weight is 474 g/mol. The number of benzene rings is 1. The summed E-state index contributed by atoms with van der Waals surface area (Å²) < 4.78 is 7.34. The third-order valence-electron chi connectivity index (χ3n) is 7.23. The van der Waals surface area contributed by atoms with E-state index in [1.807, 2.05) is 24.3 Å². The van der Waals surface area contributed by atoms with E-state index in [0.29, 0.717) is 6.04 Å². The lowest BCUT2D eigenvalue weighted by Crippen LogP contribution is -2.27. The summed E-state index contributed by atoms with van der Waals surface area (Å²) in [6.07, 6.45) is 13.1. The highest BCUT2D eigenvalue weighted by atomic mass is 32.1. The lowest BCUT2D eigenvalue weighted by atomic mass is 9.85. The van der Waals surface area contributed by atoms with Crippen LogP contribution in [0.3, 0.4) is 0 Å². The van der Waals surface area contributed by atoms with Crippen LogP contribution in [0.2, 0.25) is 0 Å². The average Bonchev–Trinajstić information content (AvgIpc) is 3.48. The fraction of sp³-hybridized carbons (Fsp3) is 0.444. The van der Waals surface area contributed by atoms with Gasteiger partial charge < -0.3 is 15.0 Å². The van der Waals surface area contributed by atoms with Gasteiger partial charge in [0, 0.05) is 30.1 Å². The number of rotatable bonds is 6. The molecule has 2 aliphatic carbocycles. The molecule has 7 heteroatoms. The summed E-state index contributed by atoms with van der Waals surface area (Å²) in [5, 5.41) is 4.66. The molecule has 0 aliphatic heterocycles. The number of anilines is 1. The van der Waals surface area contributed by atoms with Gasteiger partial charge in [0.25, 0.3) is 0 Å². The highest BCUT2D eigenvalue weighted by molar-refractivity contribution is 7.22. The van der Waals surface area contributed by atoms with E-state index in [0.717, 1.165) is 57.1 Å². The van der Waals surface area contributed by atoms with E-state index >= 15 is 0 Å². The molecule has 3 aromatic heterocycles. The standard InChI is InChI=1S/C27H31N5OS/c1-17(18-7-3-2-4-8-18)29-27-32-23-12-11-19(16-25(23)34-27)33-20-13-14-28-24(15-20)26-30-21-9-5-6-10-22(21)31-26/h11-18H,2-10H2,1H3,(H,29,32)(H,30,31)/t17-/m0/s1. The van der Waals surface area contributed by atoms with Crippen molar-refractivity contribution in [2.75, 3.05) is 5.32 Å². The van der Waals surface area contributed by atoms with Crippen molar-refractivity contribution in [1.29, 1.82) is 0 Å². The third-order valence-corrected chi connectivity index (χ3v) is 8.18. The molecular weight excluding hydrogens is 442 g/mol. The molecular formula is C27H31N5OS. The summed E-state index contributed by atoms with van der Waals surface area (Å²) in [6.45, 7) is 2.30. The lowest BCUT2D eigenvalue weighted by Gasteiger charge is -2.28. The van der Waals surface area contributed by atoms with Crippen LogP contribution in [-0.2, 0) is 12.8 Å². The smallest absolute Gasteiger partial charge is 0.184 e. The maximum Gasteiger partial charge on any atom is 0.184 e. The molecule has 176 valence electrons. The van der Waals surface area contributed by atoms with E-state index in [9.17, 15) is 0 Å². The number of nitrogens with one attached hydrogen (secondary N) is 2. The number of nitrogens with zero attached hydrogens (tertiary/aromatic N) is 3. The zero-order valence-electron chi connectivity index (χ0n) is 19.6. The zero-order chi connectivity index (χ0) is 22.9. The van der Waals surface area contributed by atoms with Crippen LogP contribution in [0.15, 0.2) is 36.5 Å². The number of aromatic nitrogens is 4. The van der Waals surface area contributed by atoms with Crippen molar-refractivity contribution in [3.63, 3.8) is 0 Å². The first-order valence-corrected chi connectivity index (χ1v) is 13.4. The first-order chi connectivity index (χ1) is 16.7. The largest absolute Gasteiger partial charge is 0.457 e. The monoisotopic (exact) mass is 473 g/mol. The number of thiazole rings is 1. The molecule has 0 saturated heterocycles. The van der Waals surface area contributed by atoms with Crippen LogP contribution in [0, 0.1) is 5.92 Å². The van der Waals surface area contributed by atoms with Gasteiger partial charge >= 0.3 is 0 Å². The Kier molecular flexibility index (Phi) is 5.95. The van der Waals surface area contributed by atoms with Gasteiger partial charge in [-0.2, -0.15) is 0 Å². The number of ether oxygens (including phenoxy) is 1. The molecule has 0 spiro atoms. The van der Waals surface area contributed by atoms with Gasteiger partial charge in [0.1, 0.15) is 17.2 Å². The number of aryl methyl sites for hydroxylation is 2. The van der Waals surface area contributed by atoms with E-state index in [1.54, 1.807) is 17.5 Å². The number of imidazole rings is 1. The van der Waals surface area contributed by atoms with E-state index < -0.39 is 0 Å². The van der Waals surface area contributed by atoms with Crippen LogP contribution in [0.5, 0.6) is 11.5 Å². The number of fused-ring (bicyclic) bond motifs is 2. The van der Waals surface area contributed by atoms with Gasteiger partial charge in [-0.3, -0.25) is 4.98 Å².